The zero-order valence-electron chi connectivity index (χ0n) is 10.4. The van der Waals surface area contributed by atoms with Crippen LogP contribution in [-0.2, 0) is 11.3 Å². The summed E-state index contributed by atoms with van der Waals surface area (Å²) in [7, 11) is 0. The van der Waals surface area contributed by atoms with E-state index in [0.717, 1.165) is 12.8 Å². The highest BCUT2D eigenvalue weighted by atomic mass is 16.6. The Kier molecular flexibility index (Phi) is 5.68. The third-order valence-electron chi connectivity index (χ3n) is 2.64. The predicted octanol–water partition coefficient (Wildman–Crippen LogP) is 0.307. The van der Waals surface area contributed by atoms with Crippen LogP contribution in [0.4, 0.5) is 5.69 Å². The van der Waals surface area contributed by atoms with E-state index in [1.54, 1.807) is 4.57 Å². The number of unbranched alkanes of at least 4 members (excludes halogenated alkanes) is 2. The number of nitrogens with one attached hydrogen (secondary N) is 1. The third kappa shape index (κ3) is 4.88. The summed E-state index contributed by atoms with van der Waals surface area (Å²) in [5, 5.41) is 10.6. The lowest BCUT2D eigenvalue weighted by atomic mass is 10.2. The van der Waals surface area contributed by atoms with Crippen LogP contribution in [0.25, 0.3) is 0 Å². The Morgan fingerprint density at radius 3 is 2.79 bits per heavy atom. The maximum Gasteiger partial charge on any atom is 0.332 e. The van der Waals surface area contributed by atoms with E-state index < -0.39 is 16.0 Å². The summed E-state index contributed by atoms with van der Waals surface area (Å²) in [5.41, 5.74) is 1.02. The van der Waals surface area contributed by atoms with Crippen molar-refractivity contribution < 1.29 is 9.72 Å². The van der Waals surface area contributed by atoms with Gasteiger partial charge in [-0.15, -0.1) is 0 Å². The van der Waals surface area contributed by atoms with Crippen LogP contribution < -0.4 is 16.7 Å². The van der Waals surface area contributed by atoms with Crippen molar-refractivity contribution in [2.75, 3.05) is 0 Å². The molecule has 0 saturated heterocycles. The lowest BCUT2D eigenvalue weighted by molar-refractivity contribution is -0.386. The molecule has 1 aromatic heterocycles. The fourth-order valence-electron chi connectivity index (χ4n) is 1.62. The Balaban J connectivity index is 2.42. The van der Waals surface area contributed by atoms with Crippen LogP contribution in [0.1, 0.15) is 25.7 Å². The Morgan fingerprint density at radius 2 is 2.16 bits per heavy atom. The maximum atomic E-state index is 11.2. The van der Waals surface area contributed by atoms with E-state index in [1.807, 2.05) is 5.43 Å². The Morgan fingerprint density at radius 1 is 1.42 bits per heavy atom. The normalized spacial score (nSPS) is 10.2. The molecule has 0 fully saturated rings. The molecule has 0 aromatic carbocycles. The molecule has 1 heterocycles. The van der Waals surface area contributed by atoms with Crippen LogP contribution in [0.15, 0.2) is 23.3 Å². The molecule has 1 aromatic rings. The molecule has 0 bridgehead atoms. The number of rotatable bonds is 7. The number of nitrogens with zero attached hydrogens (tertiary/aromatic N) is 2. The van der Waals surface area contributed by atoms with E-state index in [4.69, 9.17) is 5.84 Å². The molecule has 0 aliphatic rings. The monoisotopic (exact) mass is 268 g/mol. The smallest absolute Gasteiger partial charge is 0.332 e. The van der Waals surface area contributed by atoms with Gasteiger partial charge in [0.15, 0.2) is 0 Å². The molecule has 0 unspecified atom stereocenters. The second-order valence-corrected chi connectivity index (χ2v) is 4.07. The molecule has 3 N–H and O–H groups in total. The molecule has 0 spiro atoms. The molecule has 1 rings (SSSR count). The summed E-state index contributed by atoms with van der Waals surface area (Å²) in [6, 6.07) is 1.18. The van der Waals surface area contributed by atoms with Crippen molar-refractivity contribution in [1.82, 2.24) is 9.99 Å². The van der Waals surface area contributed by atoms with Crippen LogP contribution in [0, 0.1) is 10.1 Å². The molecular weight excluding hydrogens is 252 g/mol. The first-order valence-corrected chi connectivity index (χ1v) is 5.88. The number of nitro groups is 1. The lowest BCUT2D eigenvalue weighted by Gasteiger charge is -2.05. The highest BCUT2D eigenvalue weighted by Crippen LogP contribution is 2.06. The topological polar surface area (TPSA) is 120 Å². The average molecular weight is 268 g/mol. The summed E-state index contributed by atoms with van der Waals surface area (Å²) in [4.78, 5) is 31.9. The zero-order chi connectivity index (χ0) is 14.3. The quantitative estimate of drug-likeness (QED) is 0.242. The summed E-state index contributed by atoms with van der Waals surface area (Å²) in [5.74, 6) is 4.73. The van der Waals surface area contributed by atoms with Crippen LogP contribution in [0.2, 0.25) is 0 Å². The first-order valence-electron chi connectivity index (χ1n) is 5.88. The second kappa shape index (κ2) is 7.27. The van der Waals surface area contributed by atoms with Gasteiger partial charge >= 0.3 is 5.69 Å². The van der Waals surface area contributed by atoms with Gasteiger partial charge in [-0.05, 0) is 12.8 Å². The highest BCUT2D eigenvalue weighted by Gasteiger charge is 2.11. The van der Waals surface area contributed by atoms with Crippen LogP contribution in [0.5, 0.6) is 0 Å². The minimum atomic E-state index is -0.690. The van der Waals surface area contributed by atoms with Crippen molar-refractivity contribution in [3.05, 3.63) is 38.8 Å². The Hall–Kier alpha value is -2.22. The van der Waals surface area contributed by atoms with Crippen molar-refractivity contribution in [2.24, 2.45) is 5.84 Å². The zero-order valence-corrected chi connectivity index (χ0v) is 10.4. The van der Waals surface area contributed by atoms with E-state index in [1.165, 1.54) is 18.5 Å². The summed E-state index contributed by atoms with van der Waals surface area (Å²) >= 11 is 0. The molecule has 0 saturated carbocycles. The van der Waals surface area contributed by atoms with Gasteiger partial charge < -0.3 is 4.57 Å². The van der Waals surface area contributed by atoms with Crippen molar-refractivity contribution in [2.45, 2.75) is 32.2 Å². The summed E-state index contributed by atoms with van der Waals surface area (Å²) in [6.07, 6.45) is 5.37. The molecule has 0 aliphatic heterocycles. The van der Waals surface area contributed by atoms with Crippen LogP contribution in [0.3, 0.4) is 0 Å². The molecule has 8 heteroatoms. The molecule has 8 nitrogen and oxygen atoms in total. The number of aryl methyl sites for hydroxylation is 1. The van der Waals surface area contributed by atoms with Gasteiger partial charge in [0.25, 0.3) is 5.43 Å². The molecule has 0 radical (unpaired) electrons. The number of carbonyl (C=O) groups excluding carboxylic acids is 1. The minimum absolute atomic E-state index is 0.209. The number of nitrogens with two attached hydrogens (primary N) is 1. The first kappa shape index (κ1) is 14.8. The van der Waals surface area contributed by atoms with E-state index in [2.05, 4.69) is 0 Å². The fraction of sp³-hybridized carbons (Fsp3) is 0.455. The van der Waals surface area contributed by atoms with Crippen molar-refractivity contribution in [3.63, 3.8) is 0 Å². The van der Waals surface area contributed by atoms with Gasteiger partial charge in [0.1, 0.15) is 0 Å². The number of amides is 1. The van der Waals surface area contributed by atoms with Gasteiger partial charge in [-0.1, -0.05) is 6.42 Å². The number of hydrazine groups is 1. The van der Waals surface area contributed by atoms with Crippen molar-refractivity contribution in [1.29, 1.82) is 0 Å². The van der Waals surface area contributed by atoms with Gasteiger partial charge in [0.05, 0.1) is 11.1 Å². The average Bonchev–Trinajstić information content (AvgIpc) is 2.39. The number of carbonyl (C=O) groups is 1. The standard InChI is InChI=1S/C11H16N4O4/c12-13-11(17)4-2-1-3-6-14-7-5-10(16)9(8-14)15(18)19/h5,7-8H,1-4,6,12H2,(H,13,17). The minimum Gasteiger partial charge on any atom is -0.348 e. The number of pyridine rings is 1. The van der Waals surface area contributed by atoms with Gasteiger partial charge in [0.2, 0.25) is 5.91 Å². The largest absolute Gasteiger partial charge is 0.348 e. The van der Waals surface area contributed by atoms with E-state index in [0.29, 0.717) is 19.4 Å². The van der Waals surface area contributed by atoms with E-state index in [9.17, 15) is 19.7 Å². The van der Waals surface area contributed by atoms with Gasteiger partial charge in [-0.25, -0.2) is 5.84 Å². The number of hydrogen-bond acceptors (Lipinski definition) is 5. The number of aromatic nitrogens is 1. The first-order chi connectivity index (χ1) is 9.04. The van der Waals surface area contributed by atoms with Gasteiger partial charge in [0, 0.05) is 25.2 Å². The predicted molar refractivity (Wildman–Crippen MR) is 68.2 cm³/mol. The van der Waals surface area contributed by atoms with E-state index in [-0.39, 0.29) is 5.91 Å². The Bertz CT molecular complexity index is 512. The molecule has 0 atom stereocenters. The number of hydrogen-bond donors (Lipinski definition) is 2. The van der Waals surface area contributed by atoms with Crippen LogP contribution in [-0.4, -0.2) is 15.4 Å². The fourth-order valence-corrected chi connectivity index (χ4v) is 1.62. The maximum absolute atomic E-state index is 11.2. The third-order valence-corrected chi connectivity index (χ3v) is 2.64. The molecular formula is C11H16N4O4. The van der Waals surface area contributed by atoms with E-state index >= 15 is 0 Å². The lowest BCUT2D eigenvalue weighted by Crippen LogP contribution is -2.29. The SMILES string of the molecule is NNC(=O)CCCCCn1ccc(=O)c([N+](=O)[O-])c1. The summed E-state index contributed by atoms with van der Waals surface area (Å²) < 4.78 is 1.60. The second-order valence-electron chi connectivity index (χ2n) is 4.07. The van der Waals surface area contributed by atoms with Crippen molar-refractivity contribution >= 4 is 11.6 Å². The molecule has 0 aliphatic carbocycles. The highest BCUT2D eigenvalue weighted by molar-refractivity contribution is 5.74. The molecule has 1 amide bonds. The van der Waals surface area contributed by atoms with Crippen molar-refractivity contribution in [3.8, 4) is 0 Å². The molecule has 19 heavy (non-hydrogen) atoms. The molecule has 104 valence electrons. The van der Waals surface area contributed by atoms with Gasteiger partial charge in [-0.2, -0.15) is 0 Å². The van der Waals surface area contributed by atoms with Crippen LogP contribution >= 0.6 is 0 Å². The summed E-state index contributed by atoms with van der Waals surface area (Å²) in [6.45, 7) is 0.561. The van der Waals surface area contributed by atoms with Gasteiger partial charge in [-0.3, -0.25) is 25.1 Å². The Labute approximate surface area is 109 Å².